The lowest BCUT2D eigenvalue weighted by atomic mass is 10.2. The van der Waals surface area contributed by atoms with E-state index in [-0.39, 0.29) is 10.8 Å². The number of benzene rings is 1. The Hall–Kier alpha value is -1.66. The van der Waals surface area contributed by atoms with Crippen molar-refractivity contribution in [3.05, 3.63) is 51.4 Å². The molecule has 18 heavy (non-hydrogen) atoms. The molecule has 1 aromatic carbocycles. The maximum Gasteiger partial charge on any atom is 0.283 e. The van der Waals surface area contributed by atoms with Gasteiger partial charge in [-0.25, -0.2) is 9.97 Å². The fourth-order valence-corrected chi connectivity index (χ4v) is 2.53. The predicted octanol–water partition coefficient (Wildman–Crippen LogP) is 3.50. The van der Waals surface area contributed by atoms with Gasteiger partial charge in [0, 0.05) is 18.5 Å². The summed E-state index contributed by atoms with van der Waals surface area (Å²) >= 11 is 7.04. The maximum absolute atomic E-state index is 11.0. The van der Waals surface area contributed by atoms with Crippen molar-refractivity contribution >= 4 is 29.1 Å². The van der Waals surface area contributed by atoms with Gasteiger partial charge in [0.15, 0.2) is 5.15 Å². The summed E-state index contributed by atoms with van der Waals surface area (Å²) < 4.78 is 0. The van der Waals surface area contributed by atoms with Crippen molar-refractivity contribution in [2.75, 3.05) is 0 Å². The number of nitrogens with zero attached hydrogens (tertiary/aromatic N) is 3. The molecule has 5 nitrogen and oxygen atoms in total. The van der Waals surface area contributed by atoms with Crippen molar-refractivity contribution in [2.45, 2.75) is 16.8 Å². The molecule has 0 radical (unpaired) electrons. The third-order valence-electron chi connectivity index (χ3n) is 2.21. The topological polar surface area (TPSA) is 68.9 Å². The maximum atomic E-state index is 11.0. The van der Waals surface area contributed by atoms with E-state index in [0.29, 0.717) is 9.92 Å². The molecule has 0 atom stereocenters. The second-order valence-electron chi connectivity index (χ2n) is 3.43. The summed E-state index contributed by atoms with van der Waals surface area (Å²) in [5.74, 6) is 0. The largest absolute Gasteiger partial charge is 0.283 e. The lowest BCUT2D eigenvalue weighted by Gasteiger charge is -2.06. The third kappa shape index (κ3) is 2.60. The van der Waals surface area contributed by atoms with Gasteiger partial charge in [0.05, 0.1) is 9.82 Å². The quantitative estimate of drug-likeness (QED) is 0.636. The van der Waals surface area contributed by atoms with Crippen molar-refractivity contribution < 1.29 is 4.92 Å². The van der Waals surface area contributed by atoms with Gasteiger partial charge in [0.25, 0.3) is 5.69 Å². The van der Waals surface area contributed by atoms with E-state index in [0.717, 1.165) is 17.3 Å². The van der Waals surface area contributed by atoms with Crippen molar-refractivity contribution in [1.82, 2.24) is 9.97 Å². The Bertz CT molecular complexity index is 607. The highest BCUT2D eigenvalue weighted by Gasteiger charge is 2.18. The number of rotatable bonds is 3. The fraction of sp³-hybridized carbons (Fsp3) is 0.0909. The van der Waals surface area contributed by atoms with Gasteiger partial charge < -0.3 is 0 Å². The third-order valence-corrected chi connectivity index (χ3v) is 3.83. The Morgan fingerprint density at radius 2 is 2.06 bits per heavy atom. The average Bonchev–Trinajstić information content (AvgIpc) is 2.34. The summed E-state index contributed by atoms with van der Waals surface area (Å²) in [5.41, 5.74) is 0.845. The summed E-state index contributed by atoms with van der Waals surface area (Å²) in [7, 11) is 0. The first-order chi connectivity index (χ1) is 8.59. The summed E-state index contributed by atoms with van der Waals surface area (Å²) in [5, 5.41) is 11.7. The van der Waals surface area contributed by atoms with Gasteiger partial charge >= 0.3 is 0 Å². The van der Waals surface area contributed by atoms with Gasteiger partial charge in [-0.1, -0.05) is 35.5 Å². The lowest BCUT2D eigenvalue weighted by molar-refractivity contribution is -0.387. The Labute approximate surface area is 112 Å². The second-order valence-corrected chi connectivity index (χ2v) is 4.79. The molecular formula is C11H8ClN3O2S. The van der Waals surface area contributed by atoms with Gasteiger partial charge in [-0.15, -0.1) is 0 Å². The number of nitro groups is 1. The van der Waals surface area contributed by atoms with Crippen LogP contribution in [-0.4, -0.2) is 14.9 Å². The molecule has 0 amide bonds. The van der Waals surface area contributed by atoms with Crippen LogP contribution in [0.15, 0.2) is 40.5 Å². The molecule has 0 aliphatic heterocycles. The molecule has 0 bridgehead atoms. The molecule has 0 saturated heterocycles. The molecule has 2 rings (SSSR count). The van der Waals surface area contributed by atoms with Gasteiger partial charge in [-0.2, -0.15) is 0 Å². The monoisotopic (exact) mass is 281 g/mol. The Kier molecular flexibility index (Phi) is 3.78. The molecule has 0 fully saturated rings. The van der Waals surface area contributed by atoms with Crippen LogP contribution in [0.5, 0.6) is 0 Å². The molecule has 0 unspecified atom stereocenters. The molecule has 92 valence electrons. The zero-order valence-electron chi connectivity index (χ0n) is 9.33. The number of nitro benzene ring substituents is 1. The molecule has 1 aromatic heterocycles. The van der Waals surface area contributed by atoms with Crippen LogP contribution in [-0.2, 0) is 0 Å². The van der Waals surface area contributed by atoms with Crippen molar-refractivity contribution in [1.29, 1.82) is 0 Å². The van der Waals surface area contributed by atoms with E-state index < -0.39 is 4.92 Å². The van der Waals surface area contributed by atoms with Crippen LogP contribution in [0.1, 0.15) is 5.56 Å². The van der Waals surface area contributed by atoms with Crippen LogP contribution in [0.2, 0.25) is 5.15 Å². The van der Waals surface area contributed by atoms with Gasteiger partial charge in [0.2, 0.25) is 0 Å². The van der Waals surface area contributed by atoms with E-state index in [1.807, 2.05) is 0 Å². The summed E-state index contributed by atoms with van der Waals surface area (Å²) in [6.45, 7) is 1.81. The minimum atomic E-state index is -0.417. The van der Waals surface area contributed by atoms with Crippen LogP contribution in [0, 0.1) is 17.0 Å². The molecule has 0 aliphatic rings. The van der Waals surface area contributed by atoms with Crippen molar-refractivity contribution in [2.24, 2.45) is 0 Å². The molecule has 2 aromatic rings. The van der Waals surface area contributed by atoms with Crippen LogP contribution >= 0.6 is 23.4 Å². The minimum absolute atomic E-state index is 0.0433. The predicted molar refractivity (Wildman–Crippen MR) is 69.0 cm³/mol. The molecule has 0 saturated carbocycles. The first kappa shape index (κ1) is 12.8. The molecule has 1 heterocycles. The Balaban J connectivity index is 2.46. The summed E-state index contributed by atoms with van der Waals surface area (Å²) in [6, 6.07) is 4.91. The highest BCUT2D eigenvalue weighted by molar-refractivity contribution is 7.99. The Morgan fingerprint density at radius 3 is 2.72 bits per heavy atom. The molecule has 0 N–H and O–H groups in total. The van der Waals surface area contributed by atoms with Gasteiger partial charge in [-0.3, -0.25) is 10.1 Å². The van der Waals surface area contributed by atoms with E-state index in [9.17, 15) is 10.1 Å². The van der Waals surface area contributed by atoms with Gasteiger partial charge in [0.1, 0.15) is 5.03 Å². The normalized spacial score (nSPS) is 10.3. The molecule has 7 heteroatoms. The number of halogens is 1. The van der Waals surface area contributed by atoms with Crippen LogP contribution < -0.4 is 0 Å². The van der Waals surface area contributed by atoms with Crippen LogP contribution in [0.4, 0.5) is 5.69 Å². The lowest BCUT2D eigenvalue weighted by Crippen LogP contribution is -1.94. The molecule has 0 aliphatic carbocycles. The molecular weight excluding hydrogens is 274 g/mol. The van der Waals surface area contributed by atoms with Crippen molar-refractivity contribution in [3.8, 4) is 0 Å². The van der Waals surface area contributed by atoms with E-state index in [2.05, 4.69) is 9.97 Å². The highest BCUT2D eigenvalue weighted by Crippen LogP contribution is 2.38. The molecule has 0 spiro atoms. The summed E-state index contributed by atoms with van der Waals surface area (Å²) in [4.78, 5) is 19.0. The number of aromatic nitrogens is 2. The van der Waals surface area contributed by atoms with E-state index in [1.165, 1.54) is 18.5 Å². The minimum Gasteiger partial charge on any atom is -0.258 e. The van der Waals surface area contributed by atoms with E-state index in [1.54, 1.807) is 19.1 Å². The zero-order chi connectivity index (χ0) is 13.1. The van der Waals surface area contributed by atoms with Crippen molar-refractivity contribution in [3.63, 3.8) is 0 Å². The second kappa shape index (κ2) is 5.32. The Morgan fingerprint density at radius 1 is 1.33 bits per heavy atom. The van der Waals surface area contributed by atoms with Crippen LogP contribution in [0.3, 0.4) is 0 Å². The highest BCUT2D eigenvalue weighted by atomic mass is 35.5. The number of hydrogen-bond acceptors (Lipinski definition) is 5. The fourth-order valence-electron chi connectivity index (χ4n) is 1.39. The van der Waals surface area contributed by atoms with Crippen LogP contribution in [0.25, 0.3) is 0 Å². The number of hydrogen-bond donors (Lipinski definition) is 0. The smallest absolute Gasteiger partial charge is 0.258 e. The summed E-state index contributed by atoms with van der Waals surface area (Å²) in [6.07, 6.45) is 2.97. The first-order valence-electron chi connectivity index (χ1n) is 4.98. The SMILES string of the molecule is Cc1cccc([N+](=O)[O-])c1Sc1nccnc1Cl. The standard InChI is InChI=1S/C11H8ClN3O2S/c1-7-3-2-4-8(15(16)17)9(7)18-11-10(12)13-5-6-14-11/h2-6H,1H3. The first-order valence-corrected chi connectivity index (χ1v) is 6.17. The van der Waals surface area contributed by atoms with E-state index >= 15 is 0 Å². The zero-order valence-corrected chi connectivity index (χ0v) is 10.9. The van der Waals surface area contributed by atoms with Gasteiger partial charge in [-0.05, 0) is 12.5 Å². The van der Waals surface area contributed by atoms with E-state index in [4.69, 9.17) is 11.6 Å². The average molecular weight is 282 g/mol. The number of aryl methyl sites for hydroxylation is 1.